The van der Waals surface area contributed by atoms with Crippen LogP contribution in [0.5, 0.6) is 0 Å². The Morgan fingerprint density at radius 1 is 1.19 bits per heavy atom. The summed E-state index contributed by atoms with van der Waals surface area (Å²) in [7, 11) is 0. The number of allylic oxidation sites excluding steroid dienone is 4. The number of nitrogens with zero attached hydrogens (tertiary/aromatic N) is 1. The molecule has 0 aromatic carbocycles. The number of unbranched alkanes of at least 4 members (excludes halogenated alkanes) is 1. The summed E-state index contributed by atoms with van der Waals surface area (Å²) in [6.07, 6.45) is 6.49. The van der Waals surface area contributed by atoms with Gasteiger partial charge < -0.3 is 24.5 Å². The number of hydrogen-bond donors (Lipinski definition) is 2. The highest BCUT2D eigenvalue weighted by molar-refractivity contribution is 6.01. The lowest BCUT2D eigenvalue weighted by atomic mass is 9.46. The van der Waals surface area contributed by atoms with Crippen molar-refractivity contribution < 1.29 is 44.0 Å². The first-order valence-electron chi connectivity index (χ1n) is 12.9. The fraction of sp³-hybridized carbons (Fsp3) is 0.731. The quantitative estimate of drug-likeness (QED) is 0.200. The molecule has 11 nitrogen and oxygen atoms in total. The molecular weight excluding hydrogens is 486 g/mol. The van der Waals surface area contributed by atoms with Crippen LogP contribution in [-0.2, 0) is 23.9 Å². The van der Waals surface area contributed by atoms with E-state index in [4.69, 9.17) is 9.47 Å². The molecule has 0 aliphatic heterocycles. The van der Waals surface area contributed by atoms with E-state index < -0.39 is 46.2 Å². The maximum atomic E-state index is 13.2. The van der Waals surface area contributed by atoms with Gasteiger partial charge in [0, 0.05) is 16.7 Å². The number of aliphatic hydroxyl groups excluding tert-OH is 1. The van der Waals surface area contributed by atoms with E-state index in [1.165, 1.54) is 0 Å². The van der Waals surface area contributed by atoms with Crippen molar-refractivity contribution in [1.82, 2.24) is 0 Å². The SMILES string of the molecule is C[C@]12C=CC(=O)C=C1CC[C@@H]1[C@@H]2[C@@H](O)C[C@@]2(C)[C@H]1CC[C@]2(O)C(=O)COC(=O)OCCCCO[N+](=O)[O-]. The summed E-state index contributed by atoms with van der Waals surface area (Å²) in [6, 6.07) is 0. The highest BCUT2D eigenvalue weighted by Gasteiger charge is 2.68. The van der Waals surface area contributed by atoms with Gasteiger partial charge in [-0.25, -0.2) is 4.79 Å². The molecule has 7 atom stereocenters. The maximum absolute atomic E-state index is 13.2. The van der Waals surface area contributed by atoms with Crippen molar-refractivity contribution in [3.63, 3.8) is 0 Å². The van der Waals surface area contributed by atoms with Gasteiger partial charge in [0.2, 0.25) is 5.78 Å². The van der Waals surface area contributed by atoms with Gasteiger partial charge in [0.25, 0.3) is 5.09 Å². The zero-order valence-electron chi connectivity index (χ0n) is 21.2. The topological polar surface area (TPSA) is 163 Å². The van der Waals surface area contributed by atoms with E-state index in [2.05, 4.69) is 11.8 Å². The summed E-state index contributed by atoms with van der Waals surface area (Å²) in [6.45, 7) is 3.09. The minimum atomic E-state index is -1.75. The molecular formula is C26H35NO10. The van der Waals surface area contributed by atoms with Gasteiger partial charge in [-0.2, -0.15) is 0 Å². The first-order chi connectivity index (χ1) is 17.4. The van der Waals surface area contributed by atoms with Crippen LogP contribution in [0.3, 0.4) is 0 Å². The second-order valence-corrected chi connectivity index (χ2v) is 11.2. The zero-order valence-corrected chi connectivity index (χ0v) is 21.2. The number of carbonyl (C=O) groups excluding carboxylic acids is 3. The number of hydrogen-bond acceptors (Lipinski definition) is 10. The number of aliphatic hydroxyl groups is 2. The van der Waals surface area contributed by atoms with Gasteiger partial charge in [0.05, 0.1) is 19.3 Å². The Morgan fingerprint density at radius 2 is 1.92 bits per heavy atom. The van der Waals surface area contributed by atoms with Gasteiger partial charge in [0.15, 0.2) is 12.4 Å². The molecule has 0 heterocycles. The summed E-state index contributed by atoms with van der Waals surface area (Å²) in [5, 5.41) is 32.2. The molecule has 3 fully saturated rings. The molecule has 0 radical (unpaired) electrons. The third-order valence-corrected chi connectivity index (χ3v) is 9.39. The van der Waals surface area contributed by atoms with Crippen LogP contribution >= 0.6 is 0 Å². The summed E-state index contributed by atoms with van der Waals surface area (Å²) in [4.78, 5) is 51.3. The standard InChI is InChI=1S/C26H35NO10/c1-24-9-7-17(28)13-16(24)5-6-18-19-8-10-26(32,25(19,2)14-20(29)22(18)24)21(30)15-36-23(31)35-11-3-4-12-37-27(33)34/h7,9,13,18-20,22,29,32H,3-6,8,10-12,14-15H2,1-2H3/t18-,19-,20-,22+,24-,25-,26-/m0/s1. The molecule has 4 aliphatic rings. The van der Waals surface area contributed by atoms with Crippen molar-refractivity contribution in [2.75, 3.05) is 19.8 Å². The number of rotatable bonds is 9. The van der Waals surface area contributed by atoms with E-state index in [1.54, 1.807) is 12.2 Å². The molecule has 0 unspecified atom stereocenters. The average Bonchev–Trinajstić information content (AvgIpc) is 3.10. The largest absolute Gasteiger partial charge is 0.508 e. The van der Waals surface area contributed by atoms with Gasteiger partial charge in [-0.3, -0.25) is 9.59 Å². The summed E-state index contributed by atoms with van der Waals surface area (Å²) >= 11 is 0. The molecule has 3 saturated carbocycles. The average molecular weight is 522 g/mol. The van der Waals surface area contributed by atoms with Crippen molar-refractivity contribution in [1.29, 1.82) is 0 Å². The maximum Gasteiger partial charge on any atom is 0.508 e. The van der Waals surface area contributed by atoms with E-state index in [9.17, 15) is 34.7 Å². The van der Waals surface area contributed by atoms with Crippen LogP contribution in [0.2, 0.25) is 0 Å². The van der Waals surface area contributed by atoms with Crippen molar-refractivity contribution >= 4 is 17.7 Å². The molecule has 0 saturated heterocycles. The van der Waals surface area contributed by atoms with Crippen molar-refractivity contribution in [3.05, 3.63) is 33.9 Å². The predicted octanol–water partition coefficient (Wildman–Crippen LogP) is 2.71. The Bertz CT molecular complexity index is 1020. The zero-order chi connectivity index (χ0) is 27.0. The predicted molar refractivity (Wildman–Crippen MR) is 127 cm³/mol. The van der Waals surface area contributed by atoms with Gasteiger partial charge in [-0.15, -0.1) is 10.1 Å². The third kappa shape index (κ3) is 4.79. The molecule has 4 aliphatic carbocycles. The summed E-state index contributed by atoms with van der Waals surface area (Å²) in [5.41, 5.74) is -2.05. The lowest BCUT2D eigenvalue weighted by molar-refractivity contribution is -0.757. The van der Waals surface area contributed by atoms with Gasteiger partial charge in [-0.05, 0) is 68.9 Å². The first kappa shape index (κ1) is 27.3. The molecule has 0 aromatic heterocycles. The molecule has 0 aromatic rings. The summed E-state index contributed by atoms with van der Waals surface area (Å²) in [5.74, 6) is -0.711. The second kappa shape index (κ2) is 10.2. The Hall–Kier alpha value is -2.79. The molecule has 4 rings (SSSR count). The lowest BCUT2D eigenvalue weighted by Gasteiger charge is -2.59. The van der Waals surface area contributed by atoms with E-state index in [-0.39, 0.29) is 49.6 Å². The Labute approximate surface area is 214 Å². The van der Waals surface area contributed by atoms with Crippen molar-refractivity contribution in [2.45, 2.75) is 70.5 Å². The van der Waals surface area contributed by atoms with Crippen molar-refractivity contribution in [2.24, 2.45) is 28.6 Å². The Kier molecular flexibility index (Phi) is 7.49. The molecule has 0 bridgehead atoms. The van der Waals surface area contributed by atoms with E-state index in [1.807, 2.05) is 13.0 Å². The fourth-order valence-corrected chi connectivity index (χ4v) is 7.57. The van der Waals surface area contributed by atoms with Gasteiger partial charge in [-0.1, -0.05) is 25.5 Å². The minimum Gasteiger partial charge on any atom is -0.434 e. The third-order valence-electron chi connectivity index (χ3n) is 9.39. The molecule has 0 amide bonds. The lowest BCUT2D eigenvalue weighted by Crippen LogP contribution is -2.61. The van der Waals surface area contributed by atoms with Crippen LogP contribution in [0.15, 0.2) is 23.8 Å². The highest BCUT2D eigenvalue weighted by Crippen LogP contribution is 2.67. The molecule has 204 valence electrons. The monoisotopic (exact) mass is 521 g/mol. The highest BCUT2D eigenvalue weighted by atomic mass is 16.9. The van der Waals surface area contributed by atoms with E-state index in [0.29, 0.717) is 19.3 Å². The van der Waals surface area contributed by atoms with E-state index >= 15 is 0 Å². The van der Waals surface area contributed by atoms with Crippen LogP contribution < -0.4 is 0 Å². The molecule has 2 N–H and O–H groups in total. The molecule has 37 heavy (non-hydrogen) atoms. The van der Waals surface area contributed by atoms with Gasteiger partial charge in [0.1, 0.15) is 5.60 Å². The normalized spacial score (nSPS) is 38.1. The Morgan fingerprint density at radius 3 is 2.65 bits per heavy atom. The van der Waals surface area contributed by atoms with E-state index in [0.717, 1.165) is 18.4 Å². The minimum absolute atomic E-state index is 0.00686. The second-order valence-electron chi connectivity index (χ2n) is 11.2. The molecule has 11 heteroatoms. The number of fused-ring (bicyclic) bond motifs is 5. The number of Topliss-reactive ketones (excluding diaryl/α,β-unsaturated/α-hetero) is 1. The van der Waals surface area contributed by atoms with Crippen LogP contribution in [0.25, 0.3) is 0 Å². The Balaban J connectivity index is 1.37. The molecule has 0 spiro atoms. The van der Waals surface area contributed by atoms with Crippen LogP contribution in [0, 0.1) is 38.7 Å². The number of carbonyl (C=O) groups is 3. The van der Waals surface area contributed by atoms with Gasteiger partial charge >= 0.3 is 6.16 Å². The fourth-order valence-electron chi connectivity index (χ4n) is 7.57. The first-order valence-corrected chi connectivity index (χ1v) is 12.9. The number of ether oxygens (including phenoxy) is 2. The summed E-state index contributed by atoms with van der Waals surface area (Å²) < 4.78 is 9.85. The van der Waals surface area contributed by atoms with Crippen LogP contribution in [0.4, 0.5) is 4.79 Å². The number of ketones is 2. The smallest absolute Gasteiger partial charge is 0.434 e. The van der Waals surface area contributed by atoms with Crippen molar-refractivity contribution in [3.8, 4) is 0 Å². The van der Waals surface area contributed by atoms with Crippen LogP contribution in [0.1, 0.15) is 58.8 Å². The van der Waals surface area contributed by atoms with Crippen LogP contribution in [-0.4, -0.2) is 64.5 Å².